The van der Waals surface area contributed by atoms with Gasteiger partial charge in [-0.1, -0.05) is 157 Å². The number of hydrogen-bond acceptors (Lipinski definition) is 3. The minimum Gasteiger partial charge on any atom is -0.455 e. The lowest BCUT2D eigenvalue weighted by molar-refractivity contribution is 0.592. The summed E-state index contributed by atoms with van der Waals surface area (Å²) in [7, 11) is 0. The van der Waals surface area contributed by atoms with Crippen LogP contribution in [0, 0.1) is 0 Å². The van der Waals surface area contributed by atoms with Crippen LogP contribution in [-0.4, -0.2) is 0 Å². The molecule has 3 aliphatic rings. The zero-order valence-corrected chi connectivity index (χ0v) is 37.3. The van der Waals surface area contributed by atoms with Gasteiger partial charge in [0.15, 0.2) is 0 Å². The van der Waals surface area contributed by atoms with E-state index in [9.17, 15) is 0 Å². The van der Waals surface area contributed by atoms with Crippen LogP contribution in [0.2, 0.25) is 0 Å². The number of hydrogen-bond donors (Lipinski definition) is 0. The zero-order valence-electron chi connectivity index (χ0n) is 37.3. The van der Waals surface area contributed by atoms with Gasteiger partial charge in [0, 0.05) is 72.5 Å². The molecule has 9 aromatic rings. The second kappa shape index (κ2) is 13.8. The lowest BCUT2D eigenvalue weighted by Gasteiger charge is -2.31. The zero-order chi connectivity index (χ0) is 43.5. The van der Waals surface area contributed by atoms with E-state index in [1.807, 2.05) is 0 Å². The van der Waals surface area contributed by atoms with Crippen LogP contribution < -0.4 is 9.80 Å². The van der Waals surface area contributed by atoms with E-state index >= 15 is 0 Å². The Morgan fingerprint density at radius 2 is 0.719 bits per heavy atom. The van der Waals surface area contributed by atoms with Gasteiger partial charge in [-0.2, -0.15) is 0 Å². The Labute approximate surface area is 376 Å². The maximum atomic E-state index is 7.19. The fourth-order valence-corrected chi connectivity index (χ4v) is 11.4. The van der Waals surface area contributed by atoms with E-state index in [1.165, 1.54) is 66.8 Å². The van der Waals surface area contributed by atoms with E-state index in [0.717, 1.165) is 45.6 Å². The Morgan fingerprint density at radius 3 is 1.28 bits per heavy atom. The van der Waals surface area contributed by atoms with Crippen LogP contribution in [0.25, 0.3) is 44.9 Å². The summed E-state index contributed by atoms with van der Waals surface area (Å²) in [4.78, 5) is 4.83. The first-order chi connectivity index (χ1) is 31.0. The summed E-state index contributed by atoms with van der Waals surface area (Å²) in [6.07, 6.45) is 0. The second-order valence-corrected chi connectivity index (χ2v) is 19.3. The van der Waals surface area contributed by atoms with Gasteiger partial charge < -0.3 is 14.2 Å². The van der Waals surface area contributed by atoms with E-state index in [2.05, 4.69) is 245 Å². The van der Waals surface area contributed by atoms with Gasteiger partial charge >= 0.3 is 0 Å². The first-order valence-electron chi connectivity index (χ1n) is 22.6. The maximum Gasteiger partial charge on any atom is 0.139 e. The predicted molar refractivity (Wildman–Crippen MR) is 266 cm³/mol. The fourth-order valence-electron chi connectivity index (χ4n) is 11.4. The van der Waals surface area contributed by atoms with Gasteiger partial charge in [0.2, 0.25) is 0 Å². The van der Waals surface area contributed by atoms with E-state index in [1.54, 1.807) is 0 Å². The molecule has 3 nitrogen and oxygen atoms in total. The topological polar surface area (TPSA) is 19.6 Å². The molecule has 310 valence electrons. The Morgan fingerprint density at radius 1 is 0.312 bits per heavy atom. The van der Waals surface area contributed by atoms with Crippen LogP contribution in [0.5, 0.6) is 0 Å². The average molecular weight is 827 g/mol. The fraction of sp³-hybridized carbons (Fsp3) is 0.148. The van der Waals surface area contributed by atoms with E-state index in [-0.39, 0.29) is 16.2 Å². The van der Waals surface area contributed by atoms with Gasteiger partial charge in [-0.25, -0.2) is 0 Å². The molecule has 0 radical (unpaired) electrons. The summed E-state index contributed by atoms with van der Waals surface area (Å²) >= 11 is 0. The molecule has 0 bridgehead atoms. The molecule has 0 amide bonds. The van der Waals surface area contributed by atoms with E-state index in [0.29, 0.717) is 0 Å². The van der Waals surface area contributed by atoms with Crippen LogP contribution in [0.15, 0.2) is 199 Å². The van der Waals surface area contributed by atoms with Crippen molar-refractivity contribution in [3.63, 3.8) is 0 Å². The minimum absolute atomic E-state index is 0.101. The van der Waals surface area contributed by atoms with Crippen molar-refractivity contribution in [2.24, 2.45) is 0 Å². The van der Waals surface area contributed by atoms with Crippen LogP contribution in [0.3, 0.4) is 0 Å². The highest BCUT2D eigenvalue weighted by molar-refractivity contribution is 5.94. The monoisotopic (exact) mass is 826 g/mol. The number of anilines is 6. The van der Waals surface area contributed by atoms with E-state index in [4.69, 9.17) is 4.42 Å². The Balaban J connectivity index is 0.952. The quantitative estimate of drug-likeness (QED) is 0.160. The predicted octanol–water partition coefficient (Wildman–Crippen LogP) is 16.8. The van der Waals surface area contributed by atoms with Gasteiger partial charge in [0.1, 0.15) is 11.5 Å². The number of nitrogens with zero attached hydrogens (tertiary/aromatic N) is 2. The summed E-state index contributed by atoms with van der Waals surface area (Å²) in [6, 6.07) is 70.9. The molecular weight excluding hydrogens is 777 g/mol. The molecule has 0 unspecified atom stereocenters. The smallest absolute Gasteiger partial charge is 0.139 e. The number of para-hydroxylation sites is 3. The third-order valence-electron chi connectivity index (χ3n) is 14.6. The Bertz CT molecular complexity index is 3300. The molecule has 1 aromatic heterocycles. The third kappa shape index (κ3) is 5.46. The van der Waals surface area contributed by atoms with Crippen molar-refractivity contribution < 1.29 is 4.42 Å². The molecule has 64 heavy (non-hydrogen) atoms. The van der Waals surface area contributed by atoms with Crippen LogP contribution in [0.1, 0.15) is 74.9 Å². The van der Waals surface area contributed by atoms with Gasteiger partial charge in [0.05, 0.1) is 5.69 Å². The first kappa shape index (κ1) is 38.3. The molecule has 1 heterocycles. The van der Waals surface area contributed by atoms with Crippen molar-refractivity contribution in [1.82, 2.24) is 0 Å². The first-order valence-corrected chi connectivity index (χ1v) is 22.6. The number of furan rings is 1. The lowest BCUT2D eigenvalue weighted by Crippen LogP contribution is -2.23. The minimum atomic E-state index is -0.313. The van der Waals surface area contributed by atoms with Crippen LogP contribution in [-0.2, 0) is 16.2 Å². The molecule has 0 N–H and O–H groups in total. The van der Waals surface area contributed by atoms with Crippen molar-refractivity contribution in [3.8, 4) is 44.9 Å². The SMILES string of the molecule is CC1(C)c2ccccc2-c2ccc(N(c3ccccc3)c3ccc4c(c3)C(C)(C)c3c-4oc4c3C(C)(C)c3cc(N(c5ccccc5)c5ccccc5-c5ccccc5)ccc3-4)cc21. The lowest BCUT2D eigenvalue weighted by atomic mass is 9.74. The highest BCUT2D eigenvalue weighted by Gasteiger charge is 2.50. The Kier molecular flexibility index (Phi) is 8.28. The Hall–Kier alpha value is -7.36. The number of fused-ring (bicyclic) bond motifs is 10. The maximum absolute atomic E-state index is 7.19. The summed E-state index contributed by atoms with van der Waals surface area (Å²) in [5.74, 6) is 2.01. The van der Waals surface area contributed by atoms with Crippen molar-refractivity contribution in [2.75, 3.05) is 9.80 Å². The van der Waals surface area contributed by atoms with E-state index < -0.39 is 0 Å². The molecule has 0 saturated heterocycles. The standard InChI is InChI=1S/C61H50N2O/c1-59(2)50-28-18-16-27-46(50)47-33-30-42(36-51(47)59)62(40-22-12-8-13-23-40)43-31-34-48-52(37-43)60(3,4)55-56-58(64-57(48)55)49-35-32-44(38-53(49)61(56,5)6)63(41-24-14-9-15-25-41)54-29-19-17-26-45(54)39-20-10-7-11-21-39/h7-38H,1-6H3. The van der Waals surface area contributed by atoms with Crippen molar-refractivity contribution in [2.45, 2.75) is 57.8 Å². The largest absolute Gasteiger partial charge is 0.455 e. The highest BCUT2D eigenvalue weighted by atomic mass is 16.3. The number of benzene rings is 8. The molecule has 8 aromatic carbocycles. The molecule has 0 fully saturated rings. The highest BCUT2D eigenvalue weighted by Crippen LogP contribution is 2.62. The summed E-state index contributed by atoms with van der Waals surface area (Å²) in [5.41, 5.74) is 21.4. The molecule has 3 aliphatic carbocycles. The van der Waals surface area contributed by atoms with Crippen molar-refractivity contribution in [1.29, 1.82) is 0 Å². The average Bonchev–Trinajstić information content (AvgIpc) is 3.97. The van der Waals surface area contributed by atoms with Gasteiger partial charge in [-0.3, -0.25) is 0 Å². The molecule has 3 heteroatoms. The van der Waals surface area contributed by atoms with Gasteiger partial charge in [-0.15, -0.1) is 0 Å². The second-order valence-electron chi connectivity index (χ2n) is 19.3. The molecule has 0 saturated carbocycles. The number of rotatable bonds is 7. The normalized spacial score (nSPS) is 15.1. The van der Waals surface area contributed by atoms with Crippen LogP contribution in [0.4, 0.5) is 34.1 Å². The molecule has 0 atom stereocenters. The molecular formula is C61H50N2O. The third-order valence-corrected chi connectivity index (χ3v) is 14.6. The molecule has 12 rings (SSSR count). The summed E-state index contributed by atoms with van der Waals surface area (Å²) < 4.78 is 7.19. The summed E-state index contributed by atoms with van der Waals surface area (Å²) in [5, 5.41) is 0. The van der Waals surface area contributed by atoms with Gasteiger partial charge in [-0.05, 0) is 118 Å². The van der Waals surface area contributed by atoms with Crippen molar-refractivity contribution in [3.05, 3.63) is 228 Å². The summed E-state index contributed by atoms with van der Waals surface area (Å²) in [6.45, 7) is 14.3. The van der Waals surface area contributed by atoms with Gasteiger partial charge in [0.25, 0.3) is 0 Å². The molecule has 0 aliphatic heterocycles. The van der Waals surface area contributed by atoms with Crippen molar-refractivity contribution >= 4 is 34.1 Å². The molecule has 0 spiro atoms. The van der Waals surface area contributed by atoms with Crippen LogP contribution >= 0.6 is 0 Å².